The van der Waals surface area contributed by atoms with Gasteiger partial charge in [0.25, 0.3) is 0 Å². The Morgan fingerprint density at radius 1 is 1.24 bits per heavy atom. The van der Waals surface area contributed by atoms with E-state index < -0.39 is 0 Å². The van der Waals surface area contributed by atoms with Crippen LogP contribution in [0.25, 0.3) is 5.65 Å². The summed E-state index contributed by atoms with van der Waals surface area (Å²) in [6.45, 7) is 0.337. The molecule has 1 N–H and O–H groups in total. The summed E-state index contributed by atoms with van der Waals surface area (Å²) in [4.78, 5) is 17.2. The first-order chi connectivity index (χ1) is 14.2. The number of para-hydroxylation sites is 1. The van der Waals surface area contributed by atoms with Crippen molar-refractivity contribution in [1.29, 1.82) is 0 Å². The van der Waals surface area contributed by atoms with Crippen molar-refractivity contribution >= 4 is 23.2 Å². The lowest BCUT2D eigenvalue weighted by molar-refractivity contribution is -0.121. The molecule has 3 heterocycles. The molecule has 0 aliphatic carbocycles. The molecule has 0 radical (unpaired) electrons. The molecule has 0 saturated carbocycles. The van der Waals surface area contributed by atoms with Gasteiger partial charge < -0.3 is 18.9 Å². The number of methoxy groups -OCH3 is 1. The molecule has 7 heteroatoms. The summed E-state index contributed by atoms with van der Waals surface area (Å²) < 4.78 is 12.8. The molecule has 0 bridgehead atoms. The molecule has 1 unspecified atom stereocenters. The molecule has 1 atom stereocenters. The van der Waals surface area contributed by atoms with Gasteiger partial charge in [0.1, 0.15) is 17.2 Å². The highest BCUT2D eigenvalue weighted by atomic mass is 35.5. The number of carbonyl (C=O) groups is 1. The summed E-state index contributed by atoms with van der Waals surface area (Å²) in [6, 6.07) is 15.0. The number of carbonyl (C=O) groups excluding carboxylic acids is 1. The zero-order valence-corrected chi connectivity index (χ0v) is 16.6. The Morgan fingerprint density at radius 2 is 2.10 bits per heavy atom. The Hall–Kier alpha value is -3.25. The lowest BCUT2D eigenvalue weighted by Crippen LogP contribution is -2.25. The number of aromatic nitrogens is 2. The lowest BCUT2D eigenvalue weighted by Gasteiger charge is -2.19. The number of furan rings is 1. The zero-order valence-electron chi connectivity index (χ0n) is 15.8. The van der Waals surface area contributed by atoms with Gasteiger partial charge in [0, 0.05) is 30.3 Å². The largest absolute Gasteiger partial charge is 0.496 e. The maximum atomic E-state index is 12.8. The lowest BCUT2D eigenvalue weighted by atomic mass is 9.91. The molecule has 29 heavy (non-hydrogen) atoms. The SMILES string of the molecule is COc1ccccc1C(CC(=O)NCc1ccco1)c1cnc2ccc(Cl)cn12. The Morgan fingerprint density at radius 3 is 2.90 bits per heavy atom. The first-order valence-corrected chi connectivity index (χ1v) is 9.58. The number of rotatable bonds is 7. The summed E-state index contributed by atoms with van der Waals surface area (Å²) in [6.07, 6.45) is 5.40. The highest BCUT2D eigenvalue weighted by Gasteiger charge is 2.24. The van der Waals surface area contributed by atoms with Gasteiger partial charge in [-0.25, -0.2) is 4.98 Å². The second kappa shape index (κ2) is 8.41. The fraction of sp³-hybridized carbons (Fsp3) is 0.182. The number of imidazole rings is 1. The third-order valence-corrected chi connectivity index (χ3v) is 5.02. The van der Waals surface area contributed by atoms with Crippen LogP contribution in [0.1, 0.15) is 29.4 Å². The molecule has 0 saturated heterocycles. The quantitative estimate of drug-likeness (QED) is 0.490. The van der Waals surface area contributed by atoms with Gasteiger partial charge in [0.15, 0.2) is 0 Å². The highest BCUT2D eigenvalue weighted by molar-refractivity contribution is 6.30. The van der Waals surface area contributed by atoms with Gasteiger partial charge in [-0.3, -0.25) is 4.79 Å². The molecule has 148 valence electrons. The molecular formula is C22H20ClN3O3. The van der Waals surface area contributed by atoms with Crippen LogP contribution in [0.15, 0.2) is 71.6 Å². The van der Waals surface area contributed by atoms with E-state index in [0.717, 1.165) is 16.9 Å². The number of fused-ring (bicyclic) bond motifs is 1. The summed E-state index contributed by atoms with van der Waals surface area (Å²) in [5.74, 6) is 1.05. The maximum Gasteiger partial charge on any atom is 0.221 e. The Bertz CT molecular complexity index is 1120. The number of benzene rings is 1. The van der Waals surface area contributed by atoms with Crippen molar-refractivity contribution in [3.05, 3.63) is 89.2 Å². The van der Waals surface area contributed by atoms with E-state index in [0.29, 0.717) is 23.1 Å². The first kappa shape index (κ1) is 19.1. The number of nitrogens with one attached hydrogen (secondary N) is 1. The minimum absolute atomic E-state index is 0.103. The third kappa shape index (κ3) is 4.12. The van der Waals surface area contributed by atoms with Gasteiger partial charge in [-0.05, 0) is 30.3 Å². The Balaban J connectivity index is 1.69. The molecule has 0 aliphatic heterocycles. The van der Waals surface area contributed by atoms with Crippen LogP contribution in [0.3, 0.4) is 0 Å². The van der Waals surface area contributed by atoms with Crippen molar-refractivity contribution in [2.45, 2.75) is 18.9 Å². The first-order valence-electron chi connectivity index (χ1n) is 9.20. The highest BCUT2D eigenvalue weighted by Crippen LogP contribution is 2.35. The van der Waals surface area contributed by atoms with Crippen LogP contribution in [-0.2, 0) is 11.3 Å². The standard InChI is InChI=1S/C22H20ClN3O3/c1-28-20-7-3-2-6-17(20)18(11-22(27)25-12-16-5-4-10-29-16)19-13-24-21-9-8-15(23)14-26(19)21/h2-10,13-14,18H,11-12H2,1H3,(H,25,27). The van der Waals surface area contributed by atoms with Crippen molar-refractivity contribution in [3.8, 4) is 5.75 Å². The molecule has 0 spiro atoms. The fourth-order valence-corrected chi connectivity index (χ4v) is 3.58. The normalized spacial score (nSPS) is 12.1. The minimum Gasteiger partial charge on any atom is -0.496 e. The van der Waals surface area contributed by atoms with Gasteiger partial charge in [0.2, 0.25) is 5.91 Å². The molecule has 3 aromatic heterocycles. The average Bonchev–Trinajstić information content (AvgIpc) is 3.40. The summed E-state index contributed by atoms with van der Waals surface area (Å²) in [7, 11) is 1.62. The van der Waals surface area contributed by atoms with E-state index in [-0.39, 0.29) is 18.2 Å². The van der Waals surface area contributed by atoms with E-state index in [9.17, 15) is 4.79 Å². The zero-order chi connectivity index (χ0) is 20.2. The number of amides is 1. The van der Waals surface area contributed by atoms with Crippen molar-refractivity contribution in [2.24, 2.45) is 0 Å². The van der Waals surface area contributed by atoms with E-state index in [4.69, 9.17) is 20.8 Å². The summed E-state index contributed by atoms with van der Waals surface area (Å²) >= 11 is 6.21. The van der Waals surface area contributed by atoms with Gasteiger partial charge in [0.05, 0.1) is 30.6 Å². The number of hydrogen-bond acceptors (Lipinski definition) is 4. The number of halogens is 1. The van der Waals surface area contributed by atoms with Crippen LogP contribution in [-0.4, -0.2) is 22.4 Å². The van der Waals surface area contributed by atoms with Crippen molar-refractivity contribution in [3.63, 3.8) is 0 Å². The third-order valence-electron chi connectivity index (χ3n) is 4.80. The fourth-order valence-electron chi connectivity index (χ4n) is 3.42. The van der Waals surface area contributed by atoms with Crippen molar-refractivity contribution < 1.29 is 13.9 Å². The molecule has 1 amide bonds. The molecule has 4 rings (SSSR count). The van der Waals surface area contributed by atoms with E-state index in [1.54, 1.807) is 31.7 Å². The number of hydrogen-bond donors (Lipinski definition) is 1. The number of nitrogens with zero attached hydrogens (tertiary/aromatic N) is 2. The molecule has 0 fully saturated rings. The number of ether oxygens (including phenoxy) is 1. The molecule has 4 aromatic rings. The summed E-state index contributed by atoms with van der Waals surface area (Å²) in [5, 5.41) is 3.51. The summed E-state index contributed by atoms with van der Waals surface area (Å²) in [5.41, 5.74) is 2.53. The minimum atomic E-state index is -0.267. The molecule has 0 aliphatic rings. The van der Waals surface area contributed by atoms with Gasteiger partial charge in [-0.2, -0.15) is 0 Å². The predicted octanol–water partition coefficient (Wildman–Crippen LogP) is 4.43. The Kier molecular flexibility index (Phi) is 5.53. The van der Waals surface area contributed by atoms with Gasteiger partial charge in [-0.15, -0.1) is 0 Å². The van der Waals surface area contributed by atoms with Crippen LogP contribution in [0.5, 0.6) is 5.75 Å². The predicted molar refractivity (Wildman–Crippen MR) is 110 cm³/mol. The van der Waals surface area contributed by atoms with Crippen LogP contribution >= 0.6 is 11.6 Å². The van der Waals surface area contributed by atoms with E-state index in [1.165, 1.54) is 0 Å². The maximum absolute atomic E-state index is 12.8. The molecular weight excluding hydrogens is 390 g/mol. The van der Waals surface area contributed by atoms with Crippen LogP contribution < -0.4 is 10.1 Å². The smallest absolute Gasteiger partial charge is 0.221 e. The molecule has 6 nitrogen and oxygen atoms in total. The van der Waals surface area contributed by atoms with Crippen molar-refractivity contribution in [2.75, 3.05) is 7.11 Å². The van der Waals surface area contributed by atoms with Crippen LogP contribution in [0.4, 0.5) is 0 Å². The van der Waals surface area contributed by atoms with E-state index in [1.807, 2.05) is 47.0 Å². The van der Waals surface area contributed by atoms with Gasteiger partial charge >= 0.3 is 0 Å². The second-order valence-electron chi connectivity index (χ2n) is 6.61. The average molecular weight is 410 g/mol. The van der Waals surface area contributed by atoms with E-state index >= 15 is 0 Å². The molecule has 1 aromatic carbocycles. The second-order valence-corrected chi connectivity index (χ2v) is 7.05. The van der Waals surface area contributed by atoms with Crippen LogP contribution in [0, 0.1) is 0 Å². The van der Waals surface area contributed by atoms with Crippen LogP contribution in [0.2, 0.25) is 5.02 Å². The topological polar surface area (TPSA) is 68.8 Å². The van der Waals surface area contributed by atoms with Gasteiger partial charge in [-0.1, -0.05) is 29.8 Å². The number of pyridine rings is 1. The van der Waals surface area contributed by atoms with E-state index in [2.05, 4.69) is 10.3 Å². The monoisotopic (exact) mass is 409 g/mol. The Labute approximate surface area is 173 Å². The van der Waals surface area contributed by atoms with Crippen molar-refractivity contribution in [1.82, 2.24) is 14.7 Å².